The van der Waals surface area contributed by atoms with Gasteiger partial charge in [-0.15, -0.1) is 0 Å². The molecule has 1 aromatic heterocycles. The lowest BCUT2D eigenvalue weighted by atomic mass is 9.73. The van der Waals surface area contributed by atoms with E-state index in [2.05, 4.69) is 98.3 Å². The van der Waals surface area contributed by atoms with Crippen LogP contribution in [-0.2, 0) is 11.1 Å². The van der Waals surface area contributed by atoms with Crippen LogP contribution in [0.1, 0.15) is 69.7 Å². The third-order valence-corrected chi connectivity index (χ3v) is 7.05. The van der Waals surface area contributed by atoms with Gasteiger partial charge in [0.05, 0.1) is 12.0 Å². The summed E-state index contributed by atoms with van der Waals surface area (Å²) < 4.78 is 2.21. The number of allylic oxidation sites excluding steroid dienone is 8. The van der Waals surface area contributed by atoms with E-state index in [0.29, 0.717) is 12.1 Å². The zero-order valence-electron chi connectivity index (χ0n) is 21.8. The maximum atomic E-state index is 12.0. The smallest absolute Gasteiger partial charge is 0.133 e. The standard InChI is InChI=1S/C33H38N2O/c1-4-16-28(17-5-2)33(29-20-12-8-13-21-29,30-22-14-9-15-23-30)35-25-31(34-26-35)32(36,24-6-3)27-18-10-7-11-19-27/h4,7-8,10-14,16-23,25-26,36H,5-6,9,15,24H2,1-3H3/b16-4-,28-17+. The molecule has 36 heavy (non-hydrogen) atoms. The van der Waals surface area contributed by atoms with Crippen molar-refractivity contribution in [2.45, 2.75) is 64.0 Å². The summed E-state index contributed by atoms with van der Waals surface area (Å²) in [5.41, 5.74) is 3.37. The molecule has 1 N–H and O–H groups in total. The molecule has 186 valence electrons. The van der Waals surface area contributed by atoms with Gasteiger partial charge in [-0.1, -0.05) is 117 Å². The van der Waals surface area contributed by atoms with Crippen LogP contribution in [-0.4, -0.2) is 14.7 Å². The van der Waals surface area contributed by atoms with Gasteiger partial charge in [0.1, 0.15) is 11.1 Å². The van der Waals surface area contributed by atoms with Crippen molar-refractivity contribution in [3.8, 4) is 0 Å². The summed E-state index contributed by atoms with van der Waals surface area (Å²) in [6.07, 6.45) is 21.9. The van der Waals surface area contributed by atoms with Gasteiger partial charge in [0, 0.05) is 6.20 Å². The van der Waals surface area contributed by atoms with Crippen molar-refractivity contribution in [3.05, 3.63) is 138 Å². The highest BCUT2D eigenvalue weighted by atomic mass is 16.3. The Morgan fingerprint density at radius 2 is 1.69 bits per heavy atom. The minimum absolute atomic E-state index is 0.599. The average molecular weight is 479 g/mol. The van der Waals surface area contributed by atoms with Crippen molar-refractivity contribution >= 4 is 0 Å². The fraction of sp³-hybridized carbons (Fsp3) is 0.303. The molecule has 0 saturated carbocycles. The van der Waals surface area contributed by atoms with E-state index in [4.69, 9.17) is 4.98 Å². The lowest BCUT2D eigenvalue weighted by Crippen LogP contribution is -2.38. The second-order valence-electron chi connectivity index (χ2n) is 9.43. The Hall–Kier alpha value is -3.43. The first-order valence-corrected chi connectivity index (χ1v) is 13.2. The SMILES string of the molecule is C/C=C\C(=C/CC)C(C1=CCCC=C1)(c1ccccc1)n1cnc(C(O)(CCC)c2ccccc2)c1. The highest BCUT2D eigenvalue weighted by molar-refractivity contribution is 5.55. The van der Waals surface area contributed by atoms with Gasteiger partial charge in [0.2, 0.25) is 0 Å². The lowest BCUT2D eigenvalue weighted by molar-refractivity contribution is 0.0659. The molecule has 0 bridgehead atoms. The van der Waals surface area contributed by atoms with E-state index >= 15 is 0 Å². The predicted molar refractivity (Wildman–Crippen MR) is 150 cm³/mol. The second kappa shape index (κ2) is 11.5. The van der Waals surface area contributed by atoms with Gasteiger partial charge in [-0.05, 0) is 54.9 Å². The van der Waals surface area contributed by atoms with Gasteiger partial charge >= 0.3 is 0 Å². The number of hydrogen-bond acceptors (Lipinski definition) is 2. The topological polar surface area (TPSA) is 38.0 Å². The first-order valence-electron chi connectivity index (χ1n) is 13.2. The van der Waals surface area contributed by atoms with Crippen LogP contribution >= 0.6 is 0 Å². The van der Waals surface area contributed by atoms with Crippen molar-refractivity contribution < 1.29 is 5.11 Å². The highest BCUT2D eigenvalue weighted by Crippen LogP contribution is 2.45. The first kappa shape index (κ1) is 25.7. The van der Waals surface area contributed by atoms with E-state index in [-0.39, 0.29) is 0 Å². The number of hydrogen-bond donors (Lipinski definition) is 1. The van der Waals surface area contributed by atoms with E-state index in [1.807, 2.05) is 36.7 Å². The van der Waals surface area contributed by atoms with Crippen LogP contribution in [0, 0.1) is 0 Å². The van der Waals surface area contributed by atoms with Crippen LogP contribution in [0.4, 0.5) is 0 Å². The summed E-state index contributed by atoms with van der Waals surface area (Å²) in [7, 11) is 0. The molecular weight excluding hydrogens is 440 g/mol. The minimum atomic E-state index is -1.16. The molecule has 3 heteroatoms. The zero-order chi connectivity index (χ0) is 25.4. The lowest BCUT2D eigenvalue weighted by Gasteiger charge is -2.40. The summed E-state index contributed by atoms with van der Waals surface area (Å²) in [4.78, 5) is 4.88. The monoisotopic (exact) mass is 478 g/mol. The Bertz CT molecular complexity index is 1250. The van der Waals surface area contributed by atoms with E-state index in [9.17, 15) is 5.11 Å². The number of benzene rings is 2. The van der Waals surface area contributed by atoms with Crippen LogP contribution in [0.3, 0.4) is 0 Å². The first-order chi connectivity index (χ1) is 17.6. The Balaban J connectivity index is 2.02. The molecule has 1 aliphatic rings. The molecule has 2 atom stereocenters. The molecule has 2 unspecified atom stereocenters. The fourth-order valence-electron chi connectivity index (χ4n) is 5.46. The summed E-state index contributed by atoms with van der Waals surface area (Å²) in [6.45, 7) is 6.35. The third kappa shape index (κ3) is 4.68. The third-order valence-electron chi connectivity index (χ3n) is 7.05. The van der Waals surface area contributed by atoms with Crippen LogP contribution in [0.25, 0.3) is 0 Å². The van der Waals surface area contributed by atoms with Crippen LogP contribution in [0.5, 0.6) is 0 Å². The summed E-state index contributed by atoms with van der Waals surface area (Å²) in [6, 6.07) is 20.6. The summed E-state index contributed by atoms with van der Waals surface area (Å²) >= 11 is 0. The molecule has 0 spiro atoms. The van der Waals surface area contributed by atoms with Crippen LogP contribution in [0.2, 0.25) is 0 Å². The molecule has 1 heterocycles. The van der Waals surface area contributed by atoms with Gasteiger partial charge in [0.15, 0.2) is 0 Å². The highest BCUT2D eigenvalue weighted by Gasteiger charge is 2.42. The molecule has 3 aromatic rings. The maximum absolute atomic E-state index is 12.0. The molecule has 1 aliphatic carbocycles. The van der Waals surface area contributed by atoms with Gasteiger partial charge in [-0.2, -0.15) is 0 Å². The largest absolute Gasteiger partial charge is 0.379 e. The average Bonchev–Trinajstić information content (AvgIpc) is 3.43. The Labute approximate surface area is 216 Å². The Morgan fingerprint density at radius 1 is 1.00 bits per heavy atom. The van der Waals surface area contributed by atoms with Crippen molar-refractivity contribution in [2.75, 3.05) is 0 Å². The van der Waals surface area contributed by atoms with Gasteiger partial charge in [0.25, 0.3) is 0 Å². The van der Waals surface area contributed by atoms with Crippen molar-refractivity contribution in [2.24, 2.45) is 0 Å². The summed E-state index contributed by atoms with van der Waals surface area (Å²) in [5.74, 6) is 0. The molecule has 0 fully saturated rings. The Morgan fingerprint density at radius 3 is 2.28 bits per heavy atom. The van der Waals surface area contributed by atoms with E-state index in [1.165, 1.54) is 16.7 Å². The van der Waals surface area contributed by atoms with E-state index in [0.717, 1.165) is 31.2 Å². The summed E-state index contributed by atoms with van der Waals surface area (Å²) in [5, 5.41) is 12.0. The number of imidazole rings is 1. The predicted octanol–water partition coefficient (Wildman–Crippen LogP) is 7.85. The number of aliphatic hydroxyl groups is 1. The fourth-order valence-corrected chi connectivity index (χ4v) is 5.46. The maximum Gasteiger partial charge on any atom is 0.133 e. The molecule has 2 aromatic carbocycles. The molecule has 0 saturated heterocycles. The van der Waals surface area contributed by atoms with Gasteiger partial charge in [-0.25, -0.2) is 4.98 Å². The molecule has 0 amide bonds. The normalized spacial score (nSPS) is 17.6. The van der Waals surface area contributed by atoms with Crippen LogP contribution in [0.15, 0.2) is 121 Å². The van der Waals surface area contributed by atoms with Crippen molar-refractivity contribution in [3.63, 3.8) is 0 Å². The van der Waals surface area contributed by atoms with Gasteiger partial charge < -0.3 is 9.67 Å². The second-order valence-corrected chi connectivity index (χ2v) is 9.43. The van der Waals surface area contributed by atoms with Crippen molar-refractivity contribution in [1.29, 1.82) is 0 Å². The molecule has 0 radical (unpaired) electrons. The van der Waals surface area contributed by atoms with E-state index in [1.54, 1.807) is 0 Å². The van der Waals surface area contributed by atoms with E-state index < -0.39 is 11.1 Å². The number of rotatable bonds is 10. The Kier molecular flexibility index (Phi) is 8.22. The quantitative estimate of drug-likeness (QED) is 0.301. The van der Waals surface area contributed by atoms with Crippen LogP contribution < -0.4 is 0 Å². The minimum Gasteiger partial charge on any atom is -0.379 e. The zero-order valence-corrected chi connectivity index (χ0v) is 21.8. The molecule has 0 aliphatic heterocycles. The van der Waals surface area contributed by atoms with Crippen molar-refractivity contribution in [1.82, 2.24) is 9.55 Å². The molecular formula is C33H38N2O. The van der Waals surface area contributed by atoms with Gasteiger partial charge in [-0.3, -0.25) is 0 Å². The molecule has 4 rings (SSSR count). The number of nitrogens with zero attached hydrogens (tertiary/aromatic N) is 2. The number of aromatic nitrogens is 2. The molecule has 3 nitrogen and oxygen atoms in total.